The van der Waals surface area contributed by atoms with Crippen molar-refractivity contribution in [2.24, 2.45) is 0 Å². The Morgan fingerprint density at radius 2 is 1.36 bits per heavy atom. The largest absolute Gasteiger partial charge is 0.477 e. The van der Waals surface area contributed by atoms with Crippen LogP contribution in [0.4, 0.5) is 0 Å². The van der Waals surface area contributed by atoms with Crippen molar-refractivity contribution < 1.29 is 29.7 Å². The fraction of sp³-hybridized carbons (Fsp3) is 0.208. The van der Waals surface area contributed by atoms with Crippen LogP contribution in [0.5, 0.6) is 0 Å². The van der Waals surface area contributed by atoms with Crippen molar-refractivity contribution in [3.05, 3.63) is 70.0 Å². The highest BCUT2D eigenvalue weighted by atomic mass is 35.5. The predicted octanol–water partition coefficient (Wildman–Crippen LogP) is 2.63. The molecule has 3 heterocycles. The highest BCUT2D eigenvalue weighted by Gasteiger charge is 2.32. The predicted molar refractivity (Wildman–Crippen MR) is 135 cm³/mol. The fourth-order valence-electron chi connectivity index (χ4n) is 3.78. The quantitative estimate of drug-likeness (QED) is 0.237. The summed E-state index contributed by atoms with van der Waals surface area (Å²) in [7, 11) is 0. The Morgan fingerprint density at radius 1 is 0.861 bits per heavy atom. The molecule has 5 rings (SSSR count). The number of rotatable bonds is 4. The Labute approximate surface area is 214 Å². The highest BCUT2D eigenvalue weighted by Crippen LogP contribution is 2.21. The molecule has 36 heavy (non-hydrogen) atoms. The van der Waals surface area contributed by atoms with Crippen molar-refractivity contribution in [3.8, 4) is 0 Å². The van der Waals surface area contributed by atoms with Gasteiger partial charge in [-0.2, -0.15) is 0 Å². The third-order valence-corrected chi connectivity index (χ3v) is 6.12. The normalized spacial score (nSPS) is 17.2. The molecule has 1 saturated heterocycles. The average molecular weight is 533 g/mol. The molecule has 2 atom stereocenters. The number of hydrogen-bond acceptors (Lipinski definition) is 5. The summed E-state index contributed by atoms with van der Waals surface area (Å²) < 4.78 is 0. The first kappa shape index (κ1) is 25.5. The highest BCUT2D eigenvalue weighted by molar-refractivity contribution is 6.31. The lowest BCUT2D eigenvalue weighted by molar-refractivity contribution is -0.129. The minimum atomic E-state index is -0.965. The van der Waals surface area contributed by atoms with Gasteiger partial charge in [-0.1, -0.05) is 23.2 Å². The van der Waals surface area contributed by atoms with Gasteiger partial charge < -0.3 is 35.5 Å². The van der Waals surface area contributed by atoms with Crippen LogP contribution in [-0.4, -0.2) is 79.8 Å². The molecule has 1 fully saturated rings. The van der Waals surface area contributed by atoms with E-state index in [4.69, 9.17) is 28.3 Å². The zero-order valence-electron chi connectivity index (χ0n) is 18.7. The molecule has 1 aliphatic heterocycles. The van der Waals surface area contributed by atoms with Gasteiger partial charge in [0, 0.05) is 44.9 Å². The molecule has 2 amide bonds. The Morgan fingerprint density at radius 3 is 1.89 bits per heavy atom. The summed E-state index contributed by atoms with van der Waals surface area (Å²) >= 11 is 11.6. The van der Waals surface area contributed by atoms with Crippen LogP contribution < -0.4 is 5.32 Å². The van der Waals surface area contributed by atoms with Crippen molar-refractivity contribution >= 4 is 62.8 Å². The molecular formula is C24H22Cl2N4O6. The number of aromatic nitrogens is 2. The van der Waals surface area contributed by atoms with Gasteiger partial charge in [0.25, 0.3) is 5.91 Å². The van der Waals surface area contributed by atoms with E-state index in [0.29, 0.717) is 15.7 Å². The SMILES string of the molecule is O=C(NCC(=O)N1C[C@@H](O)[C@@H](O)C1)c1cc2cc(Cl)ccc2[nH]1.O=C(O)c1cc2cc(Cl)ccc2[nH]1. The van der Waals surface area contributed by atoms with Crippen LogP contribution in [0.1, 0.15) is 21.0 Å². The number of aliphatic hydroxyl groups excluding tert-OH is 2. The van der Waals surface area contributed by atoms with E-state index in [1.807, 2.05) is 0 Å². The summed E-state index contributed by atoms with van der Waals surface area (Å²) in [5.74, 6) is -1.73. The number of halogens is 2. The number of benzene rings is 2. The number of aromatic carboxylic acids is 1. The summed E-state index contributed by atoms with van der Waals surface area (Å²) in [6.07, 6.45) is -1.87. The molecule has 188 valence electrons. The topological polar surface area (TPSA) is 159 Å². The van der Waals surface area contributed by atoms with Crippen LogP contribution in [0.25, 0.3) is 21.8 Å². The number of carboxylic acids is 1. The van der Waals surface area contributed by atoms with Crippen molar-refractivity contribution in [2.45, 2.75) is 12.2 Å². The second-order valence-electron chi connectivity index (χ2n) is 8.25. The van der Waals surface area contributed by atoms with Crippen LogP contribution in [0.3, 0.4) is 0 Å². The van der Waals surface area contributed by atoms with E-state index in [-0.39, 0.29) is 31.2 Å². The van der Waals surface area contributed by atoms with Gasteiger partial charge in [0.15, 0.2) is 0 Å². The zero-order valence-corrected chi connectivity index (χ0v) is 20.2. The average Bonchev–Trinajstić information content (AvgIpc) is 3.54. The maximum absolute atomic E-state index is 12.1. The van der Waals surface area contributed by atoms with E-state index < -0.39 is 24.1 Å². The van der Waals surface area contributed by atoms with Gasteiger partial charge in [-0.05, 0) is 48.5 Å². The van der Waals surface area contributed by atoms with Crippen molar-refractivity contribution in [2.75, 3.05) is 19.6 Å². The Bertz CT molecular complexity index is 1440. The van der Waals surface area contributed by atoms with E-state index in [1.165, 1.54) is 4.90 Å². The number of amides is 2. The molecule has 2 aromatic carbocycles. The monoisotopic (exact) mass is 532 g/mol. The van der Waals surface area contributed by atoms with Gasteiger partial charge in [-0.25, -0.2) is 4.79 Å². The standard InChI is InChI=1S/C15H16ClN3O4.C9H6ClNO2/c16-9-1-2-10-8(3-9)4-11(18-10)15(23)17-5-14(22)19-6-12(20)13(21)7-19;10-6-1-2-7-5(3-6)4-8(11-7)9(12)13/h1-4,12-13,18,20-21H,5-7H2,(H,17,23);1-4,11H,(H,12,13)/t12-,13+;. The molecular weight excluding hydrogens is 511 g/mol. The molecule has 4 aromatic rings. The number of carboxylic acid groups (broad SMARTS) is 1. The van der Waals surface area contributed by atoms with Crippen LogP contribution in [0, 0.1) is 0 Å². The minimum absolute atomic E-state index is 0.0702. The van der Waals surface area contributed by atoms with Gasteiger partial charge in [-0.3, -0.25) is 9.59 Å². The number of nitrogens with zero attached hydrogens (tertiary/aromatic N) is 1. The van der Waals surface area contributed by atoms with Gasteiger partial charge in [0.05, 0.1) is 18.8 Å². The van der Waals surface area contributed by atoms with E-state index in [9.17, 15) is 24.6 Å². The molecule has 0 radical (unpaired) electrons. The molecule has 6 N–H and O–H groups in total. The van der Waals surface area contributed by atoms with E-state index in [2.05, 4.69) is 15.3 Å². The van der Waals surface area contributed by atoms with E-state index >= 15 is 0 Å². The van der Waals surface area contributed by atoms with Crippen molar-refractivity contribution in [1.29, 1.82) is 0 Å². The lowest BCUT2D eigenvalue weighted by Crippen LogP contribution is -2.39. The number of H-pyrrole nitrogens is 2. The molecule has 0 bridgehead atoms. The zero-order chi connectivity index (χ0) is 26.0. The number of aliphatic hydroxyl groups is 2. The number of carbonyl (C=O) groups is 3. The summed E-state index contributed by atoms with van der Waals surface area (Å²) in [6.45, 7) is -0.0596. The third-order valence-electron chi connectivity index (χ3n) is 5.65. The van der Waals surface area contributed by atoms with E-state index in [0.717, 1.165) is 21.8 Å². The van der Waals surface area contributed by atoms with Crippen LogP contribution in [0.2, 0.25) is 10.0 Å². The number of β-amino-alcohol motifs (C(OH)–C–C–N with tert-alkyl or cyclic N) is 2. The number of hydrogen-bond donors (Lipinski definition) is 6. The summed E-state index contributed by atoms with van der Waals surface area (Å²) in [6, 6.07) is 13.6. The first-order valence-corrected chi connectivity index (χ1v) is 11.6. The summed E-state index contributed by atoms with van der Waals surface area (Å²) in [5.41, 5.74) is 2.06. The number of aromatic amines is 2. The third kappa shape index (κ3) is 5.80. The second-order valence-corrected chi connectivity index (χ2v) is 9.12. The van der Waals surface area contributed by atoms with Crippen LogP contribution >= 0.6 is 23.2 Å². The number of likely N-dealkylation sites (tertiary alicyclic amines) is 1. The molecule has 2 aromatic heterocycles. The number of carbonyl (C=O) groups excluding carboxylic acids is 2. The lowest BCUT2D eigenvalue weighted by Gasteiger charge is -2.15. The van der Waals surface area contributed by atoms with Crippen LogP contribution in [-0.2, 0) is 4.79 Å². The van der Waals surface area contributed by atoms with Gasteiger partial charge >= 0.3 is 5.97 Å². The maximum Gasteiger partial charge on any atom is 0.352 e. The van der Waals surface area contributed by atoms with E-state index in [1.54, 1.807) is 48.5 Å². The van der Waals surface area contributed by atoms with Crippen molar-refractivity contribution in [1.82, 2.24) is 20.2 Å². The minimum Gasteiger partial charge on any atom is -0.477 e. The van der Waals surface area contributed by atoms with Gasteiger partial charge in [-0.15, -0.1) is 0 Å². The van der Waals surface area contributed by atoms with Crippen LogP contribution in [0.15, 0.2) is 48.5 Å². The first-order chi connectivity index (χ1) is 17.1. The first-order valence-electron chi connectivity index (χ1n) is 10.8. The number of nitrogens with one attached hydrogen (secondary N) is 3. The molecule has 10 nitrogen and oxygen atoms in total. The van der Waals surface area contributed by atoms with Gasteiger partial charge in [0.1, 0.15) is 11.4 Å². The second kappa shape index (κ2) is 10.6. The molecule has 0 saturated carbocycles. The fourth-order valence-corrected chi connectivity index (χ4v) is 4.14. The Balaban J connectivity index is 0.000000197. The molecule has 12 heteroatoms. The molecule has 1 aliphatic rings. The maximum atomic E-state index is 12.1. The summed E-state index contributed by atoms with van der Waals surface area (Å²) in [5, 5.41) is 32.9. The molecule has 0 aliphatic carbocycles. The Kier molecular flexibility index (Phi) is 7.51. The van der Waals surface area contributed by atoms with Crippen molar-refractivity contribution in [3.63, 3.8) is 0 Å². The smallest absolute Gasteiger partial charge is 0.352 e. The number of fused-ring (bicyclic) bond motifs is 2. The Hall–Kier alpha value is -3.57. The molecule has 0 spiro atoms. The van der Waals surface area contributed by atoms with Gasteiger partial charge in [0.2, 0.25) is 5.91 Å². The molecule has 0 unspecified atom stereocenters. The lowest BCUT2D eigenvalue weighted by atomic mass is 10.2. The summed E-state index contributed by atoms with van der Waals surface area (Å²) in [4.78, 5) is 41.7.